The Morgan fingerprint density at radius 1 is 1.29 bits per heavy atom. The minimum atomic E-state index is -1.27. The van der Waals surface area contributed by atoms with Crippen LogP contribution in [0.4, 0.5) is 11.4 Å². The first-order chi connectivity index (χ1) is 7.86. The summed E-state index contributed by atoms with van der Waals surface area (Å²) in [7, 11) is 4.02. The predicted molar refractivity (Wildman–Crippen MR) is 64.4 cm³/mol. The van der Waals surface area contributed by atoms with E-state index < -0.39 is 5.97 Å². The van der Waals surface area contributed by atoms with Crippen molar-refractivity contribution in [3.63, 3.8) is 0 Å². The average Bonchev–Trinajstić information content (AvgIpc) is 2.16. The van der Waals surface area contributed by atoms with Crippen LogP contribution in [0.5, 0.6) is 0 Å². The number of quaternary nitrogens is 1. The Morgan fingerprint density at radius 2 is 1.76 bits per heavy atom. The highest BCUT2D eigenvalue weighted by Gasteiger charge is 1.95. The molecule has 6 nitrogen and oxygen atoms in total. The number of aromatic carboxylic acids is 1. The fourth-order valence-corrected chi connectivity index (χ4v) is 1.02. The minimum absolute atomic E-state index is 0.00231. The van der Waals surface area contributed by atoms with E-state index in [1.165, 1.54) is 23.1 Å². The van der Waals surface area contributed by atoms with Gasteiger partial charge in [-0.15, -0.1) is 0 Å². The second-order valence-corrected chi connectivity index (χ2v) is 3.86. The maximum absolute atomic E-state index is 10.3. The van der Waals surface area contributed by atoms with Gasteiger partial charge in [0.15, 0.2) is 0 Å². The van der Waals surface area contributed by atoms with E-state index in [-0.39, 0.29) is 5.56 Å². The molecule has 0 atom stereocenters. The molecule has 6 N–H and O–H groups in total. The number of likely N-dealkylation sites (N-methyl/N-ethyl adjacent to an activating group) is 1. The second kappa shape index (κ2) is 7.48. The molecule has 0 aliphatic heterocycles. The van der Waals surface area contributed by atoms with E-state index in [1.807, 2.05) is 14.1 Å². The van der Waals surface area contributed by atoms with Gasteiger partial charge in [0, 0.05) is 16.9 Å². The Bertz CT molecular complexity index is 347. The molecule has 6 heteroatoms. The van der Waals surface area contributed by atoms with Crippen LogP contribution < -0.4 is 21.5 Å². The fraction of sp³-hybridized carbons (Fsp3) is 0.364. The molecule has 17 heavy (non-hydrogen) atoms. The summed E-state index contributed by atoms with van der Waals surface area (Å²) in [6, 6.07) is 4.07. The van der Waals surface area contributed by atoms with E-state index in [9.17, 15) is 9.90 Å². The van der Waals surface area contributed by atoms with Gasteiger partial charge in [0.2, 0.25) is 0 Å². The van der Waals surface area contributed by atoms with Gasteiger partial charge in [-0.1, -0.05) is 0 Å². The Hall–Kier alpha value is -1.79. The molecule has 0 aromatic heterocycles. The van der Waals surface area contributed by atoms with Gasteiger partial charge in [-0.2, -0.15) is 0 Å². The lowest BCUT2D eigenvalue weighted by Crippen LogP contribution is -3.06. The van der Waals surface area contributed by atoms with Gasteiger partial charge in [0.25, 0.3) is 0 Å². The third kappa shape index (κ3) is 7.15. The smallest absolute Gasteiger partial charge is 0.100 e. The zero-order valence-electron chi connectivity index (χ0n) is 10.1. The second-order valence-electron chi connectivity index (χ2n) is 3.86. The summed E-state index contributed by atoms with van der Waals surface area (Å²) in [5.41, 5.74) is 11.3. The quantitative estimate of drug-likeness (QED) is 0.431. The maximum Gasteiger partial charge on any atom is 0.100 e. The molecule has 96 valence electrons. The number of anilines is 2. The topological polar surface area (TPSA) is 117 Å². The van der Waals surface area contributed by atoms with Crippen LogP contribution in [-0.2, 0) is 0 Å². The van der Waals surface area contributed by atoms with Crippen molar-refractivity contribution < 1.29 is 19.9 Å². The zero-order chi connectivity index (χ0) is 13.4. The summed E-state index contributed by atoms with van der Waals surface area (Å²) in [5, 5.41) is 18.5. The number of benzene rings is 1. The molecule has 0 fully saturated rings. The van der Waals surface area contributed by atoms with Crippen LogP contribution in [0, 0.1) is 0 Å². The average molecular weight is 241 g/mol. The summed E-state index contributed by atoms with van der Waals surface area (Å²) in [6.45, 7) is 1.14. The summed E-state index contributed by atoms with van der Waals surface area (Å²) in [4.78, 5) is 11.6. The maximum atomic E-state index is 10.3. The number of carbonyl (C=O) groups excluding carboxylic acids is 1. The largest absolute Gasteiger partial charge is 0.545 e. The first-order valence-electron chi connectivity index (χ1n) is 5.14. The first kappa shape index (κ1) is 15.2. The van der Waals surface area contributed by atoms with Crippen molar-refractivity contribution in [3.8, 4) is 0 Å². The van der Waals surface area contributed by atoms with Crippen LogP contribution >= 0.6 is 0 Å². The molecular formula is C11H19N3O3. The highest BCUT2D eigenvalue weighted by atomic mass is 16.4. The number of rotatable bonds is 3. The lowest BCUT2D eigenvalue weighted by molar-refractivity contribution is -0.858. The first-order valence-corrected chi connectivity index (χ1v) is 5.14. The molecule has 0 bridgehead atoms. The molecule has 0 heterocycles. The lowest BCUT2D eigenvalue weighted by Gasteiger charge is -2.04. The molecule has 0 aliphatic carbocycles. The van der Waals surface area contributed by atoms with E-state index in [0.717, 1.165) is 6.54 Å². The number of carboxylic acids is 1. The number of carboxylic acid groups (broad SMARTS) is 1. The van der Waals surface area contributed by atoms with Crippen molar-refractivity contribution in [2.24, 2.45) is 0 Å². The third-order valence-corrected chi connectivity index (χ3v) is 1.83. The zero-order valence-corrected chi connectivity index (χ0v) is 10.1. The van der Waals surface area contributed by atoms with E-state index in [0.29, 0.717) is 18.0 Å². The number of aliphatic hydroxyl groups is 1. The van der Waals surface area contributed by atoms with Crippen LogP contribution in [0.15, 0.2) is 18.2 Å². The normalized spacial score (nSPS) is 9.65. The van der Waals surface area contributed by atoms with E-state index in [1.54, 1.807) is 0 Å². The van der Waals surface area contributed by atoms with E-state index in [4.69, 9.17) is 16.6 Å². The number of hydrogen-bond donors (Lipinski definition) is 4. The van der Waals surface area contributed by atoms with Gasteiger partial charge < -0.3 is 31.4 Å². The van der Waals surface area contributed by atoms with Gasteiger partial charge >= 0.3 is 0 Å². The van der Waals surface area contributed by atoms with Crippen LogP contribution in [0.2, 0.25) is 0 Å². The molecule has 0 unspecified atom stereocenters. The highest BCUT2D eigenvalue weighted by Crippen LogP contribution is 2.12. The molecule has 0 amide bonds. The molecule has 0 radical (unpaired) electrons. The molecule has 0 spiro atoms. The van der Waals surface area contributed by atoms with Crippen molar-refractivity contribution in [3.05, 3.63) is 23.8 Å². The molecule has 0 aliphatic rings. The van der Waals surface area contributed by atoms with Crippen molar-refractivity contribution in [1.29, 1.82) is 0 Å². The SMILES string of the molecule is C[NH+](C)CCO.Nc1cc(N)cc(C(=O)[O-])c1. The number of carbonyl (C=O) groups is 1. The fourth-order valence-electron chi connectivity index (χ4n) is 1.02. The Morgan fingerprint density at radius 3 is 2.00 bits per heavy atom. The van der Waals surface area contributed by atoms with Crippen LogP contribution in [0.1, 0.15) is 10.4 Å². The van der Waals surface area contributed by atoms with Gasteiger partial charge in [0.05, 0.1) is 26.7 Å². The monoisotopic (exact) mass is 241 g/mol. The standard InChI is InChI=1S/C7H8N2O2.C4H11NO/c8-5-1-4(7(10)11)2-6(9)3-5;1-5(2)3-4-6/h1-3H,8-9H2,(H,10,11);6H,3-4H2,1-2H3. The lowest BCUT2D eigenvalue weighted by atomic mass is 10.2. The van der Waals surface area contributed by atoms with E-state index in [2.05, 4.69) is 0 Å². The van der Waals surface area contributed by atoms with Gasteiger partial charge in [0.1, 0.15) is 6.54 Å². The number of aliphatic hydroxyl groups excluding tert-OH is 1. The van der Waals surface area contributed by atoms with Gasteiger partial charge in [-0.25, -0.2) is 0 Å². The predicted octanol–water partition coefficient (Wildman–Crippen LogP) is -2.66. The minimum Gasteiger partial charge on any atom is -0.545 e. The Labute approximate surface area is 100 Å². The van der Waals surface area contributed by atoms with Crippen molar-refractivity contribution in [2.45, 2.75) is 0 Å². The van der Waals surface area contributed by atoms with Gasteiger partial charge in [-0.3, -0.25) is 0 Å². The van der Waals surface area contributed by atoms with Gasteiger partial charge in [-0.05, 0) is 18.2 Å². The van der Waals surface area contributed by atoms with Crippen molar-refractivity contribution >= 4 is 17.3 Å². The molecule has 0 saturated carbocycles. The molecule has 1 rings (SSSR count). The van der Waals surface area contributed by atoms with Crippen LogP contribution in [0.25, 0.3) is 0 Å². The molecular weight excluding hydrogens is 222 g/mol. The van der Waals surface area contributed by atoms with E-state index >= 15 is 0 Å². The number of nitrogens with one attached hydrogen (secondary N) is 1. The van der Waals surface area contributed by atoms with Crippen LogP contribution in [0.3, 0.4) is 0 Å². The molecule has 0 saturated heterocycles. The Balaban J connectivity index is 0.000000366. The molecule has 1 aromatic carbocycles. The number of nitrogens with two attached hydrogens (primary N) is 2. The number of nitrogen functional groups attached to an aromatic ring is 2. The van der Waals surface area contributed by atoms with Crippen molar-refractivity contribution in [2.75, 3.05) is 38.7 Å². The summed E-state index contributed by atoms with van der Waals surface area (Å²) < 4.78 is 0. The van der Waals surface area contributed by atoms with Crippen molar-refractivity contribution in [1.82, 2.24) is 0 Å². The van der Waals surface area contributed by atoms with Crippen LogP contribution in [-0.4, -0.2) is 38.3 Å². The summed E-state index contributed by atoms with van der Waals surface area (Å²) in [6.07, 6.45) is 0. The summed E-state index contributed by atoms with van der Waals surface area (Å²) in [5.74, 6) is -1.27. The molecule has 1 aromatic rings. The summed E-state index contributed by atoms with van der Waals surface area (Å²) >= 11 is 0. The third-order valence-electron chi connectivity index (χ3n) is 1.83. The highest BCUT2D eigenvalue weighted by molar-refractivity contribution is 5.88. The Kier molecular flexibility index (Phi) is 6.69. The number of hydrogen-bond acceptors (Lipinski definition) is 5.